The smallest absolute Gasteiger partial charge is 0.193 e. The van der Waals surface area contributed by atoms with E-state index in [1.54, 1.807) is 0 Å². The molecular weight excluding hydrogens is 412 g/mol. The van der Waals surface area contributed by atoms with Crippen LogP contribution >= 0.6 is 0 Å². The topological polar surface area (TPSA) is 17.1 Å². The molecule has 0 bridgehead atoms. The van der Waals surface area contributed by atoms with E-state index < -0.39 is 0 Å². The third-order valence-electron chi connectivity index (χ3n) is 6.49. The first kappa shape index (κ1) is 20.1. The van der Waals surface area contributed by atoms with Crippen molar-refractivity contribution < 1.29 is 4.79 Å². The maximum atomic E-state index is 13.6. The first-order chi connectivity index (χ1) is 16.8. The highest BCUT2D eigenvalue weighted by molar-refractivity contribution is 6.16. The molecule has 0 saturated heterocycles. The second kappa shape index (κ2) is 8.46. The van der Waals surface area contributed by atoms with Gasteiger partial charge in [-0.25, -0.2) is 0 Å². The molecule has 0 radical (unpaired) electrons. The van der Waals surface area contributed by atoms with Gasteiger partial charge in [-0.3, -0.25) is 4.79 Å². The van der Waals surface area contributed by atoms with E-state index in [9.17, 15) is 4.79 Å². The Kier molecular flexibility index (Phi) is 5.01. The average Bonchev–Trinajstić information content (AvgIpc) is 2.92. The van der Waals surface area contributed by atoms with Gasteiger partial charge in [0.05, 0.1) is 0 Å². The Morgan fingerprint density at radius 3 is 1.82 bits per heavy atom. The lowest BCUT2D eigenvalue weighted by Gasteiger charge is -2.18. The van der Waals surface area contributed by atoms with Crippen molar-refractivity contribution in [2.75, 3.05) is 0 Å². The minimum atomic E-state index is 0.0354. The fraction of sp³-hybridized carbons (Fsp3) is 0. The third-order valence-corrected chi connectivity index (χ3v) is 6.49. The molecule has 0 spiro atoms. The normalized spacial score (nSPS) is 11.1. The van der Waals surface area contributed by atoms with Crippen molar-refractivity contribution in [3.63, 3.8) is 0 Å². The van der Waals surface area contributed by atoms with Gasteiger partial charge in [0, 0.05) is 11.1 Å². The number of hydrogen-bond donors (Lipinski definition) is 0. The highest BCUT2D eigenvalue weighted by Gasteiger charge is 2.19. The number of ketones is 1. The van der Waals surface area contributed by atoms with Gasteiger partial charge in [0.25, 0.3) is 0 Å². The Labute approximate surface area is 198 Å². The Bertz CT molecular complexity index is 1660. The minimum absolute atomic E-state index is 0.0354. The van der Waals surface area contributed by atoms with Crippen molar-refractivity contribution in [1.29, 1.82) is 0 Å². The molecule has 0 atom stereocenters. The molecule has 0 aliphatic heterocycles. The molecule has 34 heavy (non-hydrogen) atoms. The summed E-state index contributed by atoms with van der Waals surface area (Å²) in [7, 11) is 0. The molecule has 0 saturated carbocycles. The Hall–Kier alpha value is -4.49. The molecule has 6 rings (SSSR count). The van der Waals surface area contributed by atoms with Gasteiger partial charge in [0.2, 0.25) is 0 Å². The molecule has 0 aliphatic carbocycles. The van der Waals surface area contributed by atoms with Crippen LogP contribution in [0.15, 0.2) is 133 Å². The highest BCUT2D eigenvalue weighted by atomic mass is 16.1. The number of carbonyl (C=O) groups excluding carboxylic acids is 1. The van der Waals surface area contributed by atoms with E-state index in [0.29, 0.717) is 11.1 Å². The molecule has 0 N–H and O–H groups in total. The van der Waals surface area contributed by atoms with E-state index in [0.717, 1.165) is 16.7 Å². The molecule has 0 fully saturated rings. The zero-order valence-electron chi connectivity index (χ0n) is 18.6. The number of hydrogen-bond acceptors (Lipinski definition) is 1. The van der Waals surface area contributed by atoms with Crippen LogP contribution in [0.2, 0.25) is 0 Å². The second-order valence-corrected chi connectivity index (χ2v) is 8.48. The van der Waals surface area contributed by atoms with Crippen LogP contribution in [0.5, 0.6) is 0 Å². The summed E-state index contributed by atoms with van der Waals surface area (Å²) in [6.07, 6.45) is 0. The fourth-order valence-electron chi connectivity index (χ4n) is 4.89. The molecule has 6 aromatic rings. The molecule has 0 aliphatic rings. The van der Waals surface area contributed by atoms with Crippen molar-refractivity contribution in [3.05, 3.63) is 145 Å². The Morgan fingerprint density at radius 1 is 0.412 bits per heavy atom. The largest absolute Gasteiger partial charge is 0.289 e. The van der Waals surface area contributed by atoms with E-state index in [1.165, 1.54) is 27.1 Å². The molecule has 1 nitrogen and oxygen atoms in total. The number of rotatable bonds is 4. The van der Waals surface area contributed by atoms with Gasteiger partial charge in [-0.15, -0.1) is 0 Å². The maximum Gasteiger partial charge on any atom is 0.193 e. The van der Waals surface area contributed by atoms with Crippen LogP contribution < -0.4 is 0 Å². The first-order valence-electron chi connectivity index (χ1n) is 11.5. The number of benzene rings is 6. The van der Waals surface area contributed by atoms with E-state index in [2.05, 4.69) is 84.9 Å². The van der Waals surface area contributed by atoms with Gasteiger partial charge in [0.15, 0.2) is 5.78 Å². The predicted molar refractivity (Wildman–Crippen MR) is 142 cm³/mol. The molecule has 1 heteroatoms. The highest BCUT2D eigenvalue weighted by Crippen LogP contribution is 2.42. The van der Waals surface area contributed by atoms with Crippen LogP contribution in [0.3, 0.4) is 0 Å². The van der Waals surface area contributed by atoms with Crippen LogP contribution in [0.1, 0.15) is 15.9 Å². The van der Waals surface area contributed by atoms with Crippen LogP contribution in [-0.4, -0.2) is 5.78 Å². The lowest BCUT2D eigenvalue weighted by molar-refractivity contribution is 0.103. The van der Waals surface area contributed by atoms with Crippen LogP contribution in [0.4, 0.5) is 0 Å². The van der Waals surface area contributed by atoms with Gasteiger partial charge < -0.3 is 0 Å². The fourth-order valence-corrected chi connectivity index (χ4v) is 4.89. The third kappa shape index (κ3) is 3.39. The van der Waals surface area contributed by atoms with Gasteiger partial charge in [-0.05, 0) is 43.8 Å². The van der Waals surface area contributed by atoms with Gasteiger partial charge >= 0.3 is 0 Å². The van der Waals surface area contributed by atoms with Crippen molar-refractivity contribution in [2.24, 2.45) is 0 Å². The summed E-state index contributed by atoms with van der Waals surface area (Å²) in [6, 6.07) is 45.2. The molecule has 6 aromatic carbocycles. The summed E-state index contributed by atoms with van der Waals surface area (Å²) in [5.41, 5.74) is 5.75. The second-order valence-electron chi connectivity index (χ2n) is 8.48. The zero-order valence-corrected chi connectivity index (χ0v) is 18.6. The van der Waals surface area contributed by atoms with Gasteiger partial charge in [0.1, 0.15) is 0 Å². The van der Waals surface area contributed by atoms with E-state index >= 15 is 0 Å². The number of fused-ring (bicyclic) bond motifs is 2. The summed E-state index contributed by atoms with van der Waals surface area (Å²) < 4.78 is 0. The first-order valence-corrected chi connectivity index (χ1v) is 11.5. The lowest BCUT2D eigenvalue weighted by atomic mass is 9.85. The van der Waals surface area contributed by atoms with Crippen molar-refractivity contribution in [3.8, 4) is 22.3 Å². The van der Waals surface area contributed by atoms with E-state index in [1.807, 2.05) is 48.5 Å². The summed E-state index contributed by atoms with van der Waals surface area (Å²) in [4.78, 5) is 13.6. The maximum absolute atomic E-state index is 13.6. The van der Waals surface area contributed by atoms with Crippen molar-refractivity contribution in [1.82, 2.24) is 0 Å². The lowest BCUT2D eigenvalue weighted by Crippen LogP contribution is -2.04. The monoisotopic (exact) mass is 434 g/mol. The quantitative estimate of drug-likeness (QED) is 0.254. The van der Waals surface area contributed by atoms with Crippen LogP contribution in [-0.2, 0) is 0 Å². The standard InChI is InChI=1S/C33H22O/c34-33(25-13-2-1-3-14-25)31-19-9-8-18-28(31)30-22-21-24-12-5-7-17-27(24)32(30)29-20-10-15-23-11-4-6-16-26(23)29/h1-22H. The summed E-state index contributed by atoms with van der Waals surface area (Å²) in [5.74, 6) is 0.0354. The van der Waals surface area contributed by atoms with Crippen molar-refractivity contribution >= 4 is 27.3 Å². The van der Waals surface area contributed by atoms with Crippen molar-refractivity contribution in [2.45, 2.75) is 0 Å². The molecule has 0 aromatic heterocycles. The zero-order chi connectivity index (χ0) is 22.9. The van der Waals surface area contributed by atoms with Crippen LogP contribution in [0, 0.1) is 0 Å². The molecule has 0 amide bonds. The summed E-state index contributed by atoms with van der Waals surface area (Å²) >= 11 is 0. The van der Waals surface area contributed by atoms with Crippen LogP contribution in [0.25, 0.3) is 43.8 Å². The molecular formula is C33H22O. The van der Waals surface area contributed by atoms with E-state index in [4.69, 9.17) is 0 Å². The van der Waals surface area contributed by atoms with E-state index in [-0.39, 0.29) is 5.78 Å². The number of carbonyl (C=O) groups is 1. The van der Waals surface area contributed by atoms with Gasteiger partial charge in [-0.2, -0.15) is 0 Å². The summed E-state index contributed by atoms with van der Waals surface area (Å²) in [6.45, 7) is 0. The average molecular weight is 435 g/mol. The predicted octanol–water partition coefficient (Wildman–Crippen LogP) is 8.56. The SMILES string of the molecule is O=C(c1ccccc1)c1ccccc1-c1ccc2ccccc2c1-c1cccc2ccccc12. The molecule has 0 unspecified atom stereocenters. The minimum Gasteiger partial charge on any atom is -0.289 e. The Balaban J connectivity index is 1.68. The summed E-state index contributed by atoms with van der Waals surface area (Å²) in [5, 5.41) is 4.77. The molecule has 160 valence electrons. The Morgan fingerprint density at radius 2 is 1.00 bits per heavy atom. The molecule has 0 heterocycles. The van der Waals surface area contributed by atoms with Gasteiger partial charge in [-0.1, -0.05) is 133 Å².